The number of aliphatic carboxylic acids is 1. The van der Waals surface area contributed by atoms with Crippen LogP contribution < -0.4 is 0 Å². The molecule has 1 aliphatic heterocycles. The number of carbonyl (C=O) groups is 2. The van der Waals surface area contributed by atoms with Crippen molar-refractivity contribution in [1.82, 2.24) is 4.90 Å². The molecule has 0 aromatic heterocycles. The summed E-state index contributed by atoms with van der Waals surface area (Å²) in [5, 5.41) is 9.13. The topological polar surface area (TPSA) is 66.8 Å². The second-order valence-electron chi connectivity index (χ2n) is 5.91. The molecule has 0 saturated heterocycles. The summed E-state index contributed by atoms with van der Waals surface area (Å²) >= 11 is 0. The summed E-state index contributed by atoms with van der Waals surface area (Å²) in [5.41, 5.74) is 2.91. The van der Waals surface area contributed by atoms with E-state index >= 15 is 0 Å². The second-order valence-corrected chi connectivity index (χ2v) is 5.91. The van der Waals surface area contributed by atoms with Crippen LogP contribution in [0.25, 0.3) is 0 Å². The average Bonchev–Trinajstić information content (AvgIpc) is 2.60. The molecule has 1 aliphatic rings. The van der Waals surface area contributed by atoms with Gasteiger partial charge in [-0.3, -0.25) is 4.79 Å². The Morgan fingerprint density at radius 2 is 1.79 bits per heavy atom. The molecule has 0 spiro atoms. The number of nitrogens with zero attached hydrogens (tertiary/aromatic N) is 1. The monoisotopic (exact) mass is 325 g/mol. The summed E-state index contributed by atoms with van der Waals surface area (Å²) in [7, 11) is 0. The van der Waals surface area contributed by atoms with E-state index in [1.807, 2.05) is 54.6 Å². The molecule has 2 aromatic carbocycles. The van der Waals surface area contributed by atoms with Gasteiger partial charge in [-0.05, 0) is 16.7 Å². The van der Waals surface area contributed by atoms with Gasteiger partial charge in [-0.25, -0.2) is 4.79 Å². The molecule has 24 heavy (non-hydrogen) atoms. The first-order valence-electron chi connectivity index (χ1n) is 7.88. The molecule has 3 rings (SSSR count). The largest absolute Gasteiger partial charge is 0.481 e. The molecule has 0 saturated carbocycles. The Morgan fingerprint density at radius 1 is 1.08 bits per heavy atom. The fourth-order valence-corrected chi connectivity index (χ4v) is 3.05. The van der Waals surface area contributed by atoms with Crippen molar-refractivity contribution in [2.45, 2.75) is 25.5 Å². The SMILES string of the molecule is O=C(O)CC1CN(C(=O)OCc2ccccc2)Cc2ccccc21. The Balaban J connectivity index is 1.70. The van der Waals surface area contributed by atoms with Gasteiger partial charge in [0.25, 0.3) is 0 Å². The Hall–Kier alpha value is -2.82. The van der Waals surface area contributed by atoms with Crippen LogP contribution in [0.4, 0.5) is 4.79 Å². The molecule has 1 heterocycles. The lowest BCUT2D eigenvalue weighted by Gasteiger charge is -2.33. The van der Waals surface area contributed by atoms with Crippen LogP contribution in [0.2, 0.25) is 0 Å². The zero-order valence-corrected chi connectivity index (χ0v) is 13.2. The molecule has 5 nitrogen and oxygen atoms in total. The first kappa shape index (κ1) is 16.1. The van der Waals surface area contributed by atoms with Crippen molar-refractivity contribution in [1.29, 1.82) is 0 Å². The van der Waals surface area contributed by atoms with Crippen LogP contribution in [0.5, 0.6) is 0 Å². The number of hydrogen-bond donors (Lipinski definition) is 1. The summed E-state index contributed by atoms with van der Waals surface area (Å²) in [6.45, 7) is 1.01. The average molecular weight is 325 g/mol. The molecular weight excluding hydrogens is 306 g/mol. The van der Waals surface area contributed by atoms with Crippen LogP contribution in [0.3, 0.4) is 0 Å². The highest BCUT2D eigenvalue weighted by atomic mass is 16.6. The zero-order valence-electron chi connectivity index (χ0n) is 13.2. The van der Waals surface area contributed by atoms with Gasteiger partial charge in [0.1, 0.15) is 6.61 Å². The molecule has 124 valence electrons. The number of benzene rings is 2. The molecule has 1 amide bonds. The van der Waals surface area contributed by atoms with E-state index in [-0.39, 0.29) is 18.9 Å². The second kappa shape index (κ2) is 7.17. The minimum Gasteiger partial charge on any atom is -0.481 e. The quantitative estimate of drug-likeness (QED) is 0.935. The van der Waals surface area contributed by atoms with E-state index in [0.717, 1.165) is 16.7 Å². The van der Waals surface area contributed by atoms with Crippen molar-refractivity contribution < 1.29 is 19.4 Å². The molecule has 0 fully saturated rings. The molecule has 5 heteroatoms. The number of rotatable bonds is 4. The van der Waals surface area contributed by atoms with Gasteiger partial charge in [0.2, 0.25) is 0 Å². The summed E-state index contributed by atoms with van der Waals surface area (Å²) in [5.74, 6) is -1.08. The van der Waals surface area contributed by atoms with Crippen molar-refractivity contribution in [3.63, 3.8) is 0 Å². The van der Waals surface area contributed by atoms with Crippen LogP contribution >= 0.6 is 0 Å². The highest BCUT2D eigenvalue weighted by Gasteiger charge is 2.30. The Bertz CT molecular complexity index is 729. The Kier molecular flexibility index (Phi) is 4.79. The van der Waals surface area contributed by atoms with Crippen LogP contribution in [-0.4, -0.2) is 28.6 Å². The fraction of sp³-hybridized carbons (Fsp3) is 0.263. The van der Waals surface area contributed by atoms with Crippen molar-refractivity contribution in [3.05, 3.63) is 71.3 Å². The summed E-state index contributed by atoms with van der Waals surface area (Å²) in [6.07, 6.45) is -0.414. The molecular formula is C19H19NO4. The van der Waals surface area contributed by atoms with Gasteiger partial charge in [-0.15, -0.1) is 0 Å². The molecule has 1 unspecified atom stereocenters. The van der Waals surface area contributed by atoms with Crippen molar-refractivity contribution in [2.75, 3.05) is 6.54 Å². The lowest BCUT2D eigenvalue weighted by atomic mass is 9.88. The smallest absolute Gasteiger partial charge is 0.410 e. The number of carboxylic acid groups (broad SMARTS) is 1. The predicted molar refractivity (Wildman–Crippen MR) is 88.5 cm³/mol. The van der Waals surface area contributed by atoms with Gasteiger partial charge >= 0.3 is 12.1 Å². The maximum atomic E-state index is 12.4. The third-order valence-electron chi connectivity index (χ3n) is 4.18. The standard InChI is InChI=1S/C19H19NO4/c21-18(22)10-16-12-20(11-15-8-4-5-9-17(15)16)19(23)24-13-14-6-2-1-3-7-14/h1-9,16H,10-13H2,(H,21,22). The van der Waals surface area contributed by atoms with E-state index in [4.69, 9.17) is 9.84 Å². The van der Waals surface area contributed by atoms with Gasteiger partial charge in [-0.2, -0.15) is 0 Å². The maximum absolute atomic E-state index is 12.4. The number of carboxylic acids is 1. The minimum absolute atomic E-state index is 0.000517. The number of carbonyl (C=O) groups excluding carboxylic acids is 1. The van der Waals surface area contributed by atoms with Crippen molar-refractivity contribution in [3.8, 4) is 0 Å². The molecule has 1 N–H and O–H groups in total. The summed E-state index contributed by atoms with van der Waals surface area (Å²) < 4.78 is 5.38. The van der Waals surface area contributed by atoms with Gasteiger partial charge in [-0.1, -0.05) is 54.6 Å². The molecule has 0 bridgehead atoms. The molecule has 1 atom stereocenters. The first-order chi connectivity index (χ1) is 11.6. The first-order valence-corrected chi connectivity index (χ1v) is 7.88. The number of amides is 1. The highest BCUT2D eigenvalue weighted by molar-refractivity contribution is 5.71. The predicted octanol–water partition coefficient (Wildman–Crippen LogP) is 3.40. The molecule has 0 radical (unpaired) electrons. The van der Waals surface area contributed by atoms with Crippen LogP contribution in [0.1, 0.15) is 29.0 Å². The lowest BCUT2D eigenvalue weighted by molar-refractivity contribution is -0.137. The van der Waals surface area contributed by atoms with E-state index in [0.29, 0.717) is 13.1 Å². The van der Waals surface area contributed by atoms with E-state index in [9.17, 15) is 9.59 Å². The molecule has 0 aliphatic carbocycles. The number of fused-ring (bicyclic) bond motifs is 1. The van der Waals surface area contributed by atoms with Gasteiger partial charge in [0.05, 0.1) is 6.42 Å². The van der Waals surface area contributed by atoms with Crippen LogP contribution in [-0.2, 0) is 22.7 Å². The summed E-state index contributed by atoms with van der Waals surface area (Å²) in [4.78, 5) is 25.1. The lowest BCUT2D eigenvalue weighted by Crippen LogP contribution is -2.39. The van der Waals surface area contributed by atoms with Gasteiger partial charge in [0, 0.05) is 19.0 Å². The van der Waals surface area contributed by atoms with E-state index < -0.39 is 12.1 Å². The van der Waals surface area contributed by atoms with Gasteiger partial charge in [0.15, 0.2) is 0 Å². The van der Waals surface area contributed by atoms with E-state index in [1.165, 1.54) is 0 Å². The maximum Gasteiger partial charge on any atom is 0.410 e. The Labute approximate surface area is 140 Å². The number of ether oxygens (including phenoxy) is 1. The fourth-order valence-electron chi connectivity index (χ4n) is 3.05. The normalized spacial score (nSPS) is 16.3. The van der Waals surface area contributed by atoms with E-state index in [1.54, 1.807) is 4.90 Å². The third-order valence-corrected chi connectivity index (χ3v) is 4.18. The summed E-state index contributed by atoms with van der Waals surface area (Å²) in [6, 6.07) is 17.1. The van der Waals surface area contributed by atoms with Crippen LogP contribution in [0, 0.1) is 0 Å². The zero-order chi connectivity index (χ0) is 16.9. The van der Waals surface area contributed by atoms with Crippen molar-refractivity contribution in [2.24, 2.45) is 0 Å². The third kappa shape index (κ3) is 3.74. The number of hydrogen-bond acceptors (Lipinski definition) is 3. The Morgan fingerprint density at radius 3 is 2.54 bits per heavy atom. The highest BCUT2D eigenvalue weighted by Crippen LogP contribution is 2.31. The van der Waals surface area contributed by atoms with Gasteiger partial charge < -0.3 is 14.7 Å². The van der Waals surface area contributed by atoms with E-state index in [2.05, 4.69) is 0 Å². The van der Waals surface area contributed by atoms with Crippen LogP contribution in [0.15, 0.2) is 54.6 Å². The minimum atomic E-state index is -0.866. The van der Waals surface area contributed by atoms with Crippen molar-refractivity contribution >= 4 is 12.1 Å². The molecule has 2 aromatic rings.